The first-order chi connectivity index (χ1) is 17.0. The Labute approximate surface area is 218 Å². The Morgan fingerprint density at radius 1 is 1.33 bits per heavy atom. The zero-order valence-electron chi connectivity index (χ0n) is 22.0. The lowest BCUT2D eigenvalue weighted by molar-refractivity contribution is -0.122. The van der Waals surface area contributed by atoms with Crippen LogP contribution in [0, 0.1) is 23.2 Å². The molecule has 1 unspecified atom stereocenters. The Hall–Kier alpha value is -2.65. The summed E-state index contributed by atoms with van der Waals surface area (Å²) in [4.78, 5) is 27.7. The van der Waals surface area contributed by atoms with Crippen molar-refractivity contribution in [1.29, 1.82) is 0 Å². The van der Waals surface area contributed by atoms with Gasteiger partial charge in [0, 0.05) is 18.3 Å². The number of halogens is 1. The summed E-state index contributed by atoms with van der Waals surface area (Å²) in [5, 5.41) is 15.0. The number of nitrogens with one attached hydrogen (secondary N) is 1. The minimum Gasteiger partial charge on any atom is -0.489 e. The fourth-order valence-electron chi connectivity index (χ4n) is 4.93. The number of anilines is 1. The standard InChI is InChI=1S/C14H16ClN5O4.C12H24/c15-13-10(16)6-19-20(14(13)23)8-12(22)18-5-9-1-2-17-7-11(9)24-4-3-21;1-6-11-9(2)7-8-10(3)12(11,4)5/h1-2,6-7,21H,3-5,8,16H2,(H,18,22);9-11H,6-8H2,1-5H3/t;9?,10-,11+/m.0/s1. The highest BCUT2D eigenvalue weighted by Gasteiger charge is 2.40. The summed E-state index contributed by atoms with van der Waals surface area (Å²) in [7, 11) is 0. The first-order valence-corrected chi connectivity index (χ1v) is 12.8. The van der Waals surface area contributed by atoms with Gasteiger partial charge < -0.3 is 20.9 Å². The second-order valence-corrected chi connectivity index (χ2v) is 10.4. The van der Waals surface area contributed by atoms with E-state index in [1.54, 1.807) is 12.3 Å². The van der Waals surface area contributed by atoms with Gasteiger partial charge in [0.25, 0.3) is 5.56 Å². The summed E-state index contributed by atoms with van der Waals surface area (Å²) in [5.41, 5.74) is 6.14. The number of carbonyl (C=O) groups excluding carboxylic acids is 1. The largest absolute Gasteiger partial charge is 0.489 e. The van der Waals surface area contributed by atoms with Crippen molar-refractivity contribution in [2.75, 3.05) is 18.9 Å². The van der Waals surface area contributed by atoms with Gasteiger partial charge in [-0.3, -0.25) is 14.6 Å². The van der Waals surface area contributed by atoms with Crippen molar-refractivity contribution >= 4 is 23.2 Å². The summed E-state index contributed by atoms with van der Waals surface area (Å²) in [6.45, 7) is 12.0. The van der Waals surface area contributed by atoms with Crippen LogP contribution in [-0.2, 0) is 17.9 Å². The van der Waals surface area contributed by atoms with Gasteiger partial charge >= 0.3 is 0 Å². The number of aromatic nitrogens is 3. The van der Waals surface area contributed by atoms with E-state index in [9.17, 15) is 9.59 Å². The van der Waals surface area contributed by atoms with Crippen molar-refractivity contribution in [3.63, 3.8) is 0 Å². The number of rotatable bonds is 8. The van der Waals surface area contributed by atoms with Crippen LogP contribution in [0.1, 0.15) is 59.4 Å². The lowest BCUT2D eigenvalue weighted by Crippen LogP contribution is -2.39. The van der Waals surface area contributed by atoms with E-state index in [2.05, 4.69) is 50.0 Å². The molecule has 200 valence electrons. The molecule has 9 nitrogen and oxygen atoms in total. The summed E-state index contributed by atoms with van der Waals surface area (Å²) in [6, 6.07) is 1.68. The van der Waals surface area contributed by atoms with E-state index in [1.165, 1.54) is 31.7 Å². The van der Waals surface area contributed by atoms with E-state index in [-0.39, 0.29) is 37.0 Å². The fraction of sp³-hybridized carbons (Fsp3) is 0.615. The highest BCUT2D eigenvalue weighted by molar-refractivity contribution is 6.32. The molecule has 0 aromatic carbocycles. The van der Waals surface area contributed by atoms with Gasteiger partial charge in [-0.15, -0.1) is 0 Å². The predicted octanol–water partition coefficient (Wildman–Crippen LogP) is 3.67. The maximum absolute atomic E-state index is 12.0. The third kappa shape index (κ3) is 7.67. The molecule has 0 spiro atoms. The van der Waals surface area contributed by atoms with Gasteiger partial charge in [0.15, 0.2) is 0 Å². The molecule has 36 heavy (non-hydrogen) atoms. The quantitative estimate of drug-likeness (QED) is 0.482. The predicted molar refractivity (Wildman–Crippen MR) is 142 cm³/mol. The van der Waals surface area contributed by atoms with Gasteiger partial charge in [0.2, 0.25) is 5.91 Å². The Morgan fingerprint density at radius 3 is 2.69 bits per heavy atom. The molecule has 1 aliphatic carbocycles. The van der Waals surface area contributed by atoms with Gasteiger partial charge in [-0.2, -0.15) is 5.10 Å². The van der Waals surface area contributed by atoms with Crippen LogP contribution in [0.3, 0.4) is 0 Å². The molecular weight excluding hydrogens is 482 g/mol. The Morgan fingerprint density at radius 2 is 2.06 bits per heavy atom. The van der Waals surface area contributed by atoms with Crippen molar-refractivity contribution in [1.82, 2.24) is 20.1 Å². The van der Waals surface area contributed by atoms with Gasteiger partial charge in [-0.25, -0.2) is 4.68 Å². The molecule has 3 rings (SSSR count). The topological polar surface area (TPSA) is 132 Å². The van der Waals surface area contributed by atoms with E-state index in [4.69, 9.17) is 27.2 Å². The average molecular weight is 522 g/mol. The number of amides is 1. The second-order valence-electron chi connectivity index (χ2n) is 10.0. The third-order valence-corrected chi connectivity index (χ3v) is 7.79. The van der Waals surface area contributed by atoms with Gasteiger partial charge in [0.1, 0.15) is 23.9 Å². The summed E-state index contributed by atoms with van der Waals surface area (Å²) in [6.07, 6.45) is 8.50. The monoisotopic (exact) mass is 521 g/mol. The van der Waals surface area contributed by atoms with E-state index in [1.807, 2.05) is 0 Å². The van der Waals surface area contributed by atoms with Crippen LogP contribution in [-0.4, -0.2) is 39.0 Å². The van der Waals surface area contributed by atoms with Gasteiger partial charge in [-0.05, 0) is 35.7 Å². The Balaban J connectivity index is 0.000000319. The normalized spacial score (nSPS) is 20.7. The van der Waals surface area contributed by atoms with E-state index < -0.39 is 11.5 Å². The minimum absolute atomic E-state index is 0.0563. The van der Waals surface area contributed by atoms with Crippen molar-refractivity contribution in [2.24, 2.45) is 23.2 Å². The van der Waals surface area contributed by atoms with Gasteiger partial charge in [-0.1, -0.05) is 59.1 Å². The van der Waals surface area contributed by atoms with E-state index in [0.29, 0.717) is 16.7 Å². The number of carbonyl (C=O) groups is 1. The summed E-state index contributed by atoms with van der Waals surface area (Å²) < 4.78 is 6.24. The molecule has 3 atom stereocenters. The van der Waals surface area contributed by atoms with Crippen LogP contribution >= 0.6 is 11.6 Å². The number of aliphatic hydroxyl groups excluding tert-OH is 1. The number of nitrogens with zero attached hydrogens (tertiary/aromatic N) is 3. The zero-order valence-corrected chi connectivity index (χ0v) is 22.7. The lowest BCUT2D eigenvalue weighted by Gasteiger charge is -2.47. The van der Waals surface area contributed by atoms with Crippen molar-refractivity contribution in [2.45, 2.75) is 67.0 Å². The van der Waals surface area contributed by atoms with Crippen molar-refractivity contribution in [3.05, 3.63) is 45.6 Å². The van der Waals surface area contributed by atoms with E-state index >= 15 is 0 Å². The molecule has 1 saturated carbocycles. The minimum atomic E-state index is -0.636. The summed E-state index contributed by atoms with van der Waals surface area (Å²) >= 11 is 5.73. The molecule has 0 aliphatic heterocycles. The number of nitrogen functional groups attached to an aromatic ring is 1. The van der Waals surface area contributed by atoms with Crippen LogP contribution in [0.2, 0.25) is 5.02 Å². The second kappa shape index (κ2) is 13.6. The van der Waals surface area contributed by atoms with Crippen LogP contribution in [0.5, 0.6) is 5.75 Å². The lowest BCUT2D eigenvalue weighted by atomic mass is 9.58. The van der Waals surface area contributed by atoms with Crippen LogP contribution < -0.4 is 21.3 Å². The molecule has 1 aliphatic rings. The van der Waals surface area contributed by atoms with Crippen LogP contribution in [0.25, 0.3) is 0 Å². The van der Waals surface area contributed by atoms with Gasteiger partial charge in [0.05, 0.1) is 24.7 Å². The van der Waals surface area contributed by atoms with Crippen LogP contribution in [0.15, 0.2) is 29.5 Å². The van der Waals surface area contributed by atoms with Crippen molar-refractivity contribution in [3.8, 4) is 5.75 Å². The Kier molecular flexibility index (Phi) is 11.2. The first kappa shape index (κ1) is 29.6. The highest BCUT2D eigenvalue weighted by Crippen LogP contribution is 2.48. The number of aliphatic hydroxyl groups is 1. The highest BCUT2D eigenvalue weighted by atomic mass is 35.5. The molecular formula is C26H40ClN5O4. The molecule has 10 heteroatoms. The average Bonchev–Trinajstić information content (AvgIpc) is 2.85. The maximum Gasteiger partial charge on any atom is 0.288 e. The van der Waals surface area contributed by atoms with Crippen LogP contribution in [0.4, 0.5) is 5.69 Å². The first-order valence-electron chi connectivity index (χ1n) is 12.5. The molecule has 0 bridgehead atoms. The zero-order chi connectivity index (χ0) is 26.9. The number of ether oxygens (including phenoxy) is 1. The molecule has 4 N–H and O–H groups in total. The molecule has 2 aromatic heterocycles. The molecule has 1 amide bonds. The summed E-state index contributed by atoms with van der Waals surface area (Å²) in [5.74, 6) is 2.83. The smallest absolute Gasteiger partial charge is 0.288 e. The number of nitrogens with two attached hydrogens (primary N) is 1. The molecule has 0 radical (unpaired) electrons. The number of hydrogen-bond donors (Lipinski definition) is 3. The third-order valence-electron chi connectivity index (χ3n) is 7.41. The molecule has 2 heterocycles. The number of hydrogen-bond acceptors (Lipinski definition) is 7. The Bertz CT molecular complexity index is 1060. The number of pyridine rings is 1. The maximum atomic E-state index is 12.0. The molecule has 2 aromatic rings. The SMILES string of the molecule is CC[C@@H]1C(C)CC[C@H](C)C1(C)C.Nc1cnn(CC(=O)NCc2ccncc2OCCO)c(=O)c1Cl. The van der Waals surface area contributed by atoms with Crippen molar-refractivity contribution < 1.29 is 14.6 Å². The molecule has 1 fully saturated rings. The molecule has 0 saturated heterocycles. The fourth-order valence-corrected chi connectivity index (χ4v) is 5.08. The van der Waals surface area contributed by atoms with E-state index in [0.717, 1.165) is 22.4 Å².